The van der Waals surface area contributed by atoms with Crippen LogP contribution < -0.4 is 10.6 Å². The van der Waals surface area contributed by atoms with Gasteiger partial charge >= 0.3 is 0 Å². The van der Waals surface area contributed by atoms with Gasteiger partial charge in [-0.05, 0) is 18.9 Å². The summed E-state index contributed by atoms with van der Waals surface area (Å²) >= 11 is 0. The van der Waals surface area contributed by atoms with Crippen molar-refractivity contribution in [3.63, 3.8) is 0 Å². The highest BCUT2D eigenvalue weighted by Crippen LogP contribution is 1.97. The Morgan fingerprint density at radius 2 is 1.47 bits per heavy atom. The Hall–Kier alpha value is -1.32. The highest BCUT2D eigenvalue weighted by Gasteiger charge is 1.94. The predicted octanol–water partition coefficient (Wildman–Crippen LogP) is 2.01. The monoisotopic (exact) mass is 242 g/mol. The number of carbonyl (C=O) groups excluding carboxylic acids is 2. The van der Waals surface area contributed by atoms with Gasteiger partial charge in [0.05, 0.1) is 0 Å². The molecule has 0 radical (unpaired) electrons. The molecule has 0 aliphatic rings. The molecule has 0 rings (SSSR count). The molecule has 100 valence electrons. The fourth-order valence-corrected chi connectivity index (χ4v) is 1.15. The molecule has 0 saturated heterocycles. The van der Waals surface area contributed by atoms with Gasteiger partial charge in [-0.15, -0.1) is 0 Å². The third-order valence-corrected chi connectivity index (χ3v) is 1.96. The van der Waals surface area contributed by atoms with Crippen LogP contribution >= 0.6 is 0 Å². The Kier molecular flexibility index (Phi) is 15.6. The van der Waals surface area contributed by atoms with Gasteiger partial charge in [-0.2, -0.15) is 0 Å². The molecular formula is C13H26N2O2. The predicted molar refractivity (Wildman–Crippen MR) is 71.7 cm³/mol. The summed E-state index contributed by atoms with van der Waals surface area (Å²) in [5.41, 5.74) is 0. The first-order chi connectivity index (χ1) is 8.16. The first-order valence-corrected chi connectivity index (χ1v) is 6.31. The van der Waals surface area contributed by atoms with Crippen LogP contribution in [0.3, 0.4) is 0 Å². The summed E-state index contributed by atoms with van der Waals surface area (Å²) in [6, 6.07) is 0. The minimum Gasteiger partial charge on any atom is -0.356 e. The summed E-state index contributed by atoms with van der Waals surface area (Å²) in [4.78, 5) is 21.3. The molecule has 0 aliphatic carbocycles. The van der Waals surface area contributed by atoms with Crippen molar-refractivity contribution in [1.82, 2.24) is 10.6 Å². The maximum atomic E-state index is 10.7. The molecule has 0 aromatic carbocycles. The summed E-state index contributed by atoms with van der Waals surface area (Å²) < 4.78 is 0. The second kappa shape index (κ2) is 14.7. The lowest BCUT2D eigenvalue weighted by molar-refractivity contribution is -0.119. The maximum absolute atomic E-state index is 10.7. The Morgan fingerprint density at radius 1 is 1.00 bits per heavy atom. The van der Waals surface area contributed by atoms with Gasteiger partial charge in [-0.25, -0.2) is 0 Å². The number of unbranched alkanes of at least 4 members (excludes halogenated alkanes) is 3. The topological polar surface area (TPSA) is 58.2 Å². The van der Waals surface area contributed by atoms with Gasteiger partial charge in [-0.1, -0.05) is 33.3 Å². The van der Waals surface area contributed by atoms with Crippen LogP contribution in [0.4, 0.5) is 0 Å². The third kappa shape index (κ3) is 17.3. The lowest BCUT2D eigenvalue weighted by Crippen LogP contribution is -2.22. The van der Waals surface area contributed by atoms with Crippen LogP contribution in [-0.4, -0.2) is 24.9 Å². The van der Waals surface area contributed by atoms with E-state index in [0.717, 1.165) is 32.2 Å². The molecule has 4 heteroatoms. The molecule has 0 bridgehead atoms. The molecule has 0 atom stereocenters. The number of hydrogen-bond acceptors (Lipinski definition) is 2. The normalized spacial score (nSPS) is 8.65. The van der Waals surface area contributed by atoms with Crippen molar-refractivity contribution < 1.29 is 9.59 Å². The van der Waals surface area contributed by atoms with E-state index in [1.165, 1.54) is 13.0 Å². The number of rotatable bonds is 8. The smallest absolute Gasteiger partial charge is 0.243 e. The molecule has 2 amide bonds. The Labute approximate surface area is 105 Å². The first kappa shape index (κ1) is 18.1. The third-order valence-electron chi connectivity index (χ3n) is 1.96. The summed E-state index contributed by atoms with van der Waals surface area (Å²) in [5.74, 6) is -0.0958. The van der Waals surface area contributed by atoms with Crippen molar-refractivity contribution in [1.29, 1.82) is 0 Å². The van der Waals surface area contributed by atoms with Crippen LogP contribution in [0.1, 0.15) is 46.5 Å². The average Bonchev–Trinajstić information content (AvgIpc) is 2.34. The zero-order valence-electron chi connectivity index (χ0n) is 11.3. The van der Waals surface area contributed by atoms with Crippen molar-refractivity contribution in [2.75, 3.05) is 13.1 Å². The van der Waals surface area contributed by atoms with Gasteiger partial charge in [0.25, 0.3) is 0 Å². The van der Waals surface area contributed by atoms with E-state index < -0.39 is 0 Å². The molecule has 0 aromatic rings. The Balaban J connectivity index is 0. The number of carbonyl (C=O) groups is 2. The Bertz CT molecular complexity index is 215. The quantitative estimate of drug-likeness (QED) is 0.505. The summed E-state index contributed by atoms with van der Waals surface area (Å²) in [5, 5.41) is 5.46. The standard InChI is InChI=1S/C11H20N2O2.C2H6/c1-3-11(15)13-9-7-5-4-6-8-12-10(2)14;1-2/h3H,1,4-9H2,2H3,(H,12,14)(H,13,15);1-2H3. The average molecular weight is 242 g/mol. The molecule has 4 nitrogen and oxygen atoms in total. The van der Waals surface area contributed by atoms with Gasteiger partial charge in [0.2, 0.25) is 11.8 Å². The number of hydrogen-bond donors (Lipinski definition) is 2. The van der Waals surface area contributed by atoms with E-state index in [0.29, 0.717) is 6.54 Å². The minimum atomic E-state index is -0.117. The number of nitrogens with one attached hydrogen (secondary N) is 2. The van der Waals surface area contributed by atoms with Gasteiger partial charge in [0, 0.05) is 20.0 Å². The Morgan fingerprint density at radius 3 is 1.88 bits per heavy atom. The number of amides is 2. The molecule has 0 aromatic heterocycles. The van der Waals surface area contributed by atoms with Crippen LogP contribution in [-0.2, 0) is 9.59 Å². The lowest BCUT2D eigenvalue weighted by atomic mass is 10.2. The van der Waals surface area contributed by atoms with E-state index in [2.05, 4.69) is 17.2 Å². The van der Waals surface area contributed by atoms with Crippen LogP contribution in [0.2, 0.25) is 0 Å². The molecule has 0 spiro atoms. The lowest BCUT2D eigenvalue weighted by Gasteiger charge is -2.03. The van der Waals surface area contributed by atoms with Gasteiger partial charge in [0.15, 0.2) is 0 Å². The molecular weight excluding hydrogens is 216 g/mol. The van der Waals surface area contributed by atoms with E-state index in [9.17, 15) is 9.59 Å². The van der Waals surface area contributed by atoms with Crippen LogP contribution in [0.25, 0.3) is 0 Å². The zero-order valence-corrected chi connectivity index (χ0v) is 11.3. The van der Waals surface area contributed by atoms with E-state index in [4.69, 9.17) is 0 Å². The van der Waals surface area contributed by atoms with Crippen LogP contribution in [0.5, 0.6) is 0 Å². The van der Waals surface area contributed by atoms with Crippen LogP contribution in [0, 0.1) is 0 Å². The summed E-state index contributed by atoms with van der Waals surface area (Å²) in [6.45, 7) is 10.3. The summed E-state index contributed by atoms with van der Waals surface area (Å²) in [7, 11) is 0. The SMILES string of the molecule is C=CC(=O)NCCCCCCNC(C)=O.CC. The molecule has 0 saturated carbocycles. The minimum absolute atomic E-state index is 0.0215. The van der Waals surface area contributed by atoms with E-state index in [1.807, 2.05) is 13.8 Å². The maximum Gasteiger partial charge on any atom is 0.243 e. The highest BCUT2D eigenvalue weighted by atomic mass is 16.2. The molecule has 17 heavy (non-hydrogen) atoms. The van der Waals surface area contributed by atoms with Crippen LogP contribution in [0.15, 0.2) is 12.7 Å². The molecule has 0 fully saturated rings. The van der Waals surface area contributed by atoms with E-state index in [-0.39, 0.29) is 11.8 Å². The second-order valence-electron chi connectivity index (χ2n) is 3.39. The molecule has 0 aliphatic heterocycles. The molecule has 2 N–H and O–H groups in total. The second-order valence-corrected chi connectivity index (χ2v) is 3.39. The van der Waals surface area contributed by atoms with E-state index in [1.54, 1.807) is 0 Å². The van der Waals surface area contributed by atoms with Gasteiger partial charge in [0.1, 0.15) is 0 Å². The molecule has 0 unspecified atom stereocenters. The van der Waals surface area contributed by atoms with Gasteiger partial charge < -0.3 is 10.6 Å². The van der Waals surface area contributed by atoms with E-state index >= 15 is 0 Å². The van der Waals surface area contributed by atoms with Crippen molar-refractivity contribution in [3.8, 4) is 0 Å². The van der Waals surface area contributed by atoms with Crippen molar-refractivity contribution >= 4 is 11.8 Å². The molecule has 0 heterocycles. The fourth-order valence-electron chi connectivity index (χ4n) is 1.15. The zero-order chi connectivity index (χ0) is 13.5. The first-order valence-electron chi connectivity index (χ1n) is 6.31. The van der Waals surface area contributed by atoms with Crippen molar-refractivity contribution in [2.45, 2.75) is 46.5 Å². The fraction of sp³-hybridized carbons (Fsp3) is 0.692. The highest BCUT2D eigenvalue weighted by molar-refractivity contribution is 5.86. The van der Waals surface area contributed by atoms with Crippen molar-refractivity contribution in [2.24, 2.45) is 0 Å². The van der Waals surface area contributed by atoms with Crippen molar-refractivity contribution in [3.05, 3.63) is 12.7 Å². The summed E-state index contributed by atoms with van der Waals surface area (Å²) in [6.07, 6.45) is 5.38. The largest absolute Gasteiger partial charge is 0.356 e. The van der Waals surface area contributed by atoms with Gasteiger partial charge in [-0.3, -0.25) is 9.59 Å².